The first kappa shape index (κ1) is 28.9. The second-order valence-corrected chi connectivity index (χ2v) is 13.1. The Labute approximate surface area is 186 Å². The van der Waals surface area contributed by atoms with Crippen molar-refractivity contribution < 1.29 is 0 Å². The molecule has 0 aromatic rings. The van der Waals surface area contributed by atoms with Gasteiger partial charge in [-0.1, -0.05) is 104 Å². The van der Waals surface area contributed by atoms with Gasteiger partial charge >= 0.3 is 0 Å². The number of hydrogen-bond acceptors (Lipinski definition) is 1. The second kappa shape index (κ2) is 22.6. The second-order valence-electron chi connectivity index (χ2n) is 9.16. The molecule has 0 saturated heterocycles. The Hall–Kier alpha value is -0.0500. The quantitative estimate of drug-likeness (QED) is 0.0978. The van der Waals surface area contributed by atoms with E-state index in [0.29, 0.717) is 0 Å². The van der Waals surface area contributed by atoms with Crippen molar-refractivity contribution in [3.63, 3.8) is 0 Å². The molecule has 1 nitrogen and oxygen atoms in total. The lowest BCUT2D eigenvalue weighted by atomic mass is 10.1. The van der Waals surface area contributed by atoms with Crippen LogP contribution in [0.3, 0.4) is 0 Å². The molecule has 0 aromatic heterocycles. The summed E-state index contributed by atoms with van der Waals surface area (Å²) in [5.74, 6) is 2.89. The first-order valence-electron chi connectivity index (χ1n) is 13.3. The van der Waals surface area contributed by atoms with Gasteiger partial charge in [0.25, 0.3) is 0 Å². The van der Waals surface area contributed by atoms with Crippen LogP contribution in [-0.2, 0) is 0 Å². The molecule has 0 unspecified atom stereocenters. The molecule has 0 aliphatic carbocycles. The van der Waals surface area contributed by atoms with Gasteiger partial charge in [-0.15, -0.1) is 6.42 Å². The fourth-order valence-corrected chi connectivity index (χ4v) is 8.43. The molecule has 0 amide bonds. The van der Waals surface area contributed by atoms with Crippen LogP contribution in [-0.4, -0.2) is 25.0 Å². The Morgan fingerprint density at radius 3 is 1.14 bits per heavy atom. The standard InChI is InChI=1S/C27H55NP/c1-5-9-12-15-18-21-25-29(28-24-8-4,26-22-19-16-13-10-6-2)27-23-20-17-14-11-7-3/h4,28H,5-7,9-27H2,1-3H3/q+1. The largest absolute Gasteiger partial charge is 0.181 e. The maximum Gasteiger partial charge on any atom is 0.0908 e. The lowest BCUT2D eigenvalue weighted by Crippen LogP contribution is -2.25. The predicted octanol–water partition coefficient (Wildman–Crippen LogP) is 9.22. The van der Waals surface area contributed by atoms with Crippen LogP contribution in [0.5, 0.6) is 0 Å². The molecule has 0 bridgehead atoms. The van der Waals surface area contributed by atoms with E-state index < -0.39 is 7.41 Å². The average molecular weight is 425 g/mol. The highest BCUT2D eigenvalue weighted by Gasteiger charge is 2.35. The van der Waals surface area contributed by atoms with E-state index in [1.165, 1.54) is 134 Å². The van der Waals surface area contributed by atoms with E-state index in [1.54, 1.807) is 0 Å². The normalized spacial score (nSPS) is 11.7. The Morgan fingerprint density at radius 1 is 0.517 bits per heavy atom. The van der Waals surface area contributed by atoms with Crippen LogP contribution in [0.25, 0.3) is 0 Å². The van der Waals surface area contributed by atoms with Crippen LogP contribution in [0, 0.1) is 12.3 Å². The molecule has 0 atom stereocenters. The Balaban J connectivity index is 4.55. The van der Waals surface area contributed by atoms with Gasteiger partial charge in [0.1, 0.15) is 0 Å². The molecule has 0 radical (unpaired) electrons. The molecule has 172 valence electrons. The van der Waals surface area contributed by atoms with Gasteiger partial charge in [0.2, 0.25) is 0 Å². The Bertz CT molecular complexity index is 319. The minimum Gasteiger partial charge on any atom is -0.181 e. The summed E-state index contributed by atoms with van der Waals surface area (Å²) in [7, 11) is -1.07. The zero-order chi connectivity index (χ0) is 21.5. The summed E-state index contributed by atoms with van der Waals surface area (Å²) in [6, 6.07) is 0. The van der Waals surface area contributed by atoms with Gasteiger partial charge in [0.15, 0.2) is 0 Å². The molecule has 0 saturated carbocycles. The number of hydrogen-bond donors (Lipinski definition) is 1. The third kappa shape index (κ3) is 18.4. The van der Waals surface area contributed by atoms with E-state index in [2.05, 4.69) is 31.8 Å². The average Bonchev–Trinajstić information content (AvgIpc) is 2.74. The van der Waals surface area contributed by atoms with E-state index in [-0.39, 0.29) is 0 Å². The first-order chi connectivity index (χ1) is 14.2. The van der Waals surface area contributed by atoms with Crippen molar-refractivity contribution in [3.8, 4) is 12.3 Å². The first-order valence-corrected chi connectivity index (χ1v) is 15.6. The highest BCUT2D eigenvalue weighted by Crippen LogP contribution is 2.56. The van der Waals surface area contributed by atoms with Crippen molar-refractivity contribution in [2.75, 3.05) is 25.0 Å². The third-order valence-corrected chi connectivity index (χ3v) is 10.7. The van der Waals surface area contributed by atoms with Crippen LogP contribution in [0.4, 0.5) is 0 Å². The fraction of sp³-hybridized carbons (Fsp3) is 0.926. The summed E-state index contributed by atoms with van der Waals surface area (Å²) in [6.07, 6.45) is 35.3. The van der Waals surface area contributed by atoms with Crippen molar-refractivity contribution >= 4 is 7.41 Å². The Kier molecular flexibility index (Phi) is 22.6. The highest BCUT2D eigenvalue weighted by atomic mass is 31.2. The van der Waals surface area contributed by atoms with Crippen LogP contribution < -0.4 is 5.09 Å². The summed E-state index contributed by atoms with van der Waals surface area (Å²) in [4.78, 5) is 0. The molecule has 29 heavy (non-hydrogen) atoms. The minimum atomic E-state index is -1.07. The van der Waals surface area contributed by atoms with Crippen LogP contribution in [0.2, 0.25) is 0 Å². The number of rotatable bonds is 23. The maximum absolute atomic E-state index is 5.67. The van der Waals surface area contributed by atoms with E-state index in [4.69, 9.17) is 6.42 Å². The molecular weight excluding hydrogens is 369 g/mol. The minimum absolute atomic E-state index is 0.787. The zero-order valence-corrected chi connectivity index (χ0v) is 21.5. The van der Waals surface area contributed by atoms with E-state index in [0.717, 1.165) is 6.54 Å². The summed E-state index contributed by atoms with van der Waals surface area (Å²) in [6.45, 7) is 7.71. The molecular formula is C27H55NP+. The third-order valence-electron chi connectivity index (χ3n) is 6.34. The van der Waals surface area contributed by atoms with Gasteiger partial charge in [0.05, 0.1) is 32.4 Å². The van der Waals surface area contributed by atoms with E-state index >= 15 is 0 Å². The predicted molar refractivity (Wildman–Crippen MR) is 138 cm³/mol. The van der Waals surface area contributed by atoms with Gasteiger partial charge in [-0.3, -0.25) is 0 Å². The van der Waals surface area contributed by atoms with Crippen molar-refractivity contribution in [2.24, 2.45) is 0 Å². The van der Waals surface area contributed by atoms with E-state index in [9.17, 15) is 0 Å². The van der Waals surface area contributed by atoms with Gasteiger partial charge in [0, 0.05) is 0 Å². The summed E-state index contributed by atoms with van der Waals surface area (Å²) < 4.78 is 0. The zero-order valence-electron chi connectivity index (χ0n) is 20.6. The SMILES string of the molecule is C#CCN[P+](CCCCCCCC)(CCCCCCCC)CCCCCCCC. The highest BCUT2D eigenvalue weighted by molar-refractivity contribution is 7.74. The summed E-state index contributed by atoms with van der Waals surface area (Å²) >= 11 is 0. The monoisotopic (exact) mass is 424 g/mol. The molecule has 0 fully saturated rings. The van der Waals surface area contributed by atoms with Crippen molar-refractivity contribution in [1.29, 1.82) is 0 Å². The van der Waals surface area contributed by atoms with Gasteiger partial charge in [-0.05, 0) is 38.5 Å². The molecule has 0 rings (SSSR count). The van der Waals surface area contributed by atoms with Crippen LogP contribution in [0.1, 0.15) is 136 Å². The molecule has 0 aliphatic heterocycles. The van der Waals surface area contributed by atoms with Crippen molar-refractivity contribution in [1.82, 2.24) is 5.09 Å². The molecule has 0 aromatic carbocycles. The lowest BCUT2D eigenvalue weighted by molar-refractivity contribution is 0.614. The smallest absolute Gasteiger partial charge is 0.0908 e. The molecule has 1 N–H and O–H groups in total. The maximum atomic E-state index is 5.67. The fourth-order valence-electron chi connectivity index (χ4n) is 4.37. The molecule has 2 heteroatoms. The number of nitrogens with one attached hydrogen (secondary N) is 1. The molecule has 0 spiro atoms. The molecule has 0 heterocycles. The van der Waals surface area contributed by atoms with Gasteiger partial charge < -0.3 is 0 Å². The Morgan fingerprint density at radius 2 is 0.828 bits per heavy atom. The van der Waals surface area contributed by atoms with Crippen LogP contribution >= 0.6 is 7.41 Å². The number of terminal acetylenes is 1. The van der Waals surface area contributed by atoms with E-state index in [1.807, 2.05) is 0 Å². The van der Waals surface area contributed by atoms with Gasteiger partial charge in [-0.2, -0.15) is 5.09 Å². The van der Waals surface area contributed by atoms with Crippen molar-refractivity contribution in [2.45, 2.75) is 136 Å². The summed E-state index contributed by atoms with van der Waals surface area (Å²) in [5.41, 5.74) is 0. The number of unbranched alkanes of at least 4 members (excludes halogenated alkanes) is 15. The summed E-state index contributed by atoms with van der Waals surface area (Å²) in [5, 5.41) is 3.96. The van der Waals surface area contributed by atoms with Crippen LogP contribution in [0.15, 0.2) is 0 Å². The topological polar surface area (TPSA) is 12.0 Å². The lowest BCUT2D eigenvalue weighted by Gasteiger charge is -2.28. The van der Waals surface area contributed by atoms with Crippen molar-refractivity contribution in [3.05, 3.63) is 0 Å². The molecule has 0 aliphatic rings. The van der Waals surface area contributed by atoms with Gasteiger partial charge in [-0.25, -0.2) is 0 Å².